The highest BCUT2D eigenvalue weighted by Gasteiger charge is 2.26. The van der Waals surface area contributed by atoms with E-state index in [1.165, 1.54) is 0 Å². The summed E-state index contributed by atoms with van der Waals surface area (Å²) in [6, 6.07) is 0. The summed E-state index contributed by atoms with van der Waals surface area (Å²) in [4.78, 5) is 0. The zero-order chi connectivity index (χ0) is 7.78. The molecule has 0 aromatic rings. The molecule has 0 aromatic heterocycles. The first-order valence-electron chi connectivity index (χ1n) is 3.09. The van der Waals surface area contributed by atoms with E-state index in [1.807, 2.05) is 0 Å². The summed E-state index contributed by atoms with van der Waals surface area (Å²) in [6.07, 6.45) is 2.15. The molecule has 1 rings (SSSR count). The molecule has 1 fully saturated rings. The second-order valence-corrected chi connectivity index (χ2v) is 5.39. The molecule has 1 saturated carbocycles. The zero-order valence-electron chi connectivity index (χ0n) is 5.51. The summed E-state index contributed by atoms with van der Waals surface area (Å²) >= 11 is 0. The molecule has 0 aliphatic heterocycles. The van der Waals surface area contributed by atoms with Crippen LogP contribution in [0, 0.1) is 5.92 Å². The Morgan fingerprint density at radius 1 is 1.60 bits per heavy atom. The maximum Gasteiger partial charge on any atom is 0.236 e. The first-order valence-corrected chi connectivity index (χ1v) is 5.57. The van der Waals surface area contributed by atoms with Gasteiger partial charge in [0, 0.05) is 10.7 Å². The Hall–Kier alpha value is -0.0200. The van der Waals surface area contributed by atoms with Crippen LogP contribution in [0.15, 0.2) is 12.2 Å². The van der Waals surface area contributed by atoms with Gasteiger partial charge in [0.05, 0.1) is 5.75 Å². The maximum atomic E-state index is 10.5. The maximum absolute atomic E-state index is 10.5. The third-order valence-electron chi connectivity index (χ3n) is 1.51. The van der Waals surface area contributed by atoms with Crippen LogP contribution < -0.4 is 0 Å². The van der Waals surface area contributed by atoms with Crippen LogP contribution >= 0.6 is 10.7 Å². The highest BCUT2D eigenvalue weighted by Crippen LogP contribution is 2.36. The van der Waals surface area contributed by atoms with Crippen molar-refractivity contribution >= 4 is 19.7 Å². The largest absolute Gasteiger partial charge is 0.236 e. The van der Waals surface area contributed by atoms with Gasteiger partial charge in [-0.25, -0.2) is 8.42 Å². The van der Waals surface area contributed by atoms with E-state index in [1.54, 1.807) is 0 Å². The van der Waals surface area contributed by atoms with E-state index in [0.717, 1.165) is 18.4 Å². The molecule has 10 heavy (non-hydrogen) atoms. The van der Waals surface area contributed by atoms with Crippen molar-refractivity contribution in [3.05, 3.63) is 12.2 Å². The summed E-state index contributed by atoms with van der Waals surface area (Å²) < 4.78 is 21.0. The smallest absolute Gasteiger partial charge is 0.212 e. The summed E-state index contributed by atoms with van der Waals surface area (Å²) in [5.74, 6) is 0.368. The lowest BCUT2D eigenvalue weighted by Crippen LogP contribution is -2.00. The van der Waals surface area contributed by atoms with Crippen molar-refractivity contribution in [1.82, 2.24) is 0 Å². The van der Waals surface area contributed by atoms with Gasteiger partial charge in [0.15, 0.2) is 0 Å². The quantitative estimate of drug-likeness (QED) is 0.488. The molecule has 0 unspecified atom stereocenters. The van der Waals surface area contributed by atoms with E-state index in [2.05, 4.69) is 6.58 Å². The van der Waals surface area contributed by atoms with Crippen LogP contribution in [0.25, 0.3) is 0 Å². The fourth-order valence-corrected chi connectivity index (χ4v) is 1.93. The predicted octanol–water partition coefficient (Wildman–Crippen LogP) is 1.52. The minimum atomic E-state index is -3.36. The molecule has 1 aliphatic rings. The van der Waals surface area contributed by atoms with Crippen molar-refractivity contribution in [1.29, 1.82) is 0 Å². The normalized spacial score (nSPS) is 18.9. The highest BCUT2D eigenvalue weighted by atomic mass is 35.7. The minimum absolute atomic E-state index is 0.0563. The molecule has 0 heterocycles. The van der Waals surface area contributed by atoms with Crippen LogP contribution in [-0.4, -0.2) is 14.2 Å². The molecule has 0 amide bonds. The van der Waals surface area contributed by atoms with E-state index in [-0.39, 0.29) is 5.75 Å². The van der Waals surface area contributed by atoms with Crippen LogP contribution in [-0.2, 0) is 9.05 Å². The zero-order valence-corrected chi connectivity index (χ0v) is 7.08. The summed E-state index contributed by atoms with van der Waals surface area (Å²) in [5, 5.41) is 0. The summed E-state index contributed by atoms with van der Waals surface area (Å²) in [5.41, 5.74) is 0.759. The topological polar surface area (TPSA) is 34.1 Å². The molecule has 0 aromatic carbocycles. The molecule has 0 spiro atoms. The Balaban J connectivity index is 2.45. The van der Waals surface area contributed by atoms with Crippen molar-refractivity contribution in [3.63, 3.8) is 0 Å². The lowest BCUT2D eigenvalue weighted by atomic mass is 10.2. The molecule has 58 valence electrons. The first kappa shape index (κ1) is 8.08. The highest BCUT2D eigenvalue weighted by molar-refractivity contribution is 8.13. The van der Waals surface area contributed by atoms with Gasteiger partial charge in [-0.1, -0.05) is 12.2 Å². The number of hydrogen-bond donors (Lipinski definition) is 0. The molecular weight excluding hydrogens is 172 g/mol. The molecule has 4 heteroatoms. The van der Waals surface area contributed by atoms with Crippen molar-refractivity contribution in [3.8, 4) is 0 Å². The van der Waals surface area contributed by atoms with Crippen molar-refractivity contribution in [2.24, 2.45) is 5.92 Å². The average Bonchev–Trinajstić information content (AvgIpc) is 2.35. The average molecular weight is 181 g/mol. The molecule has 0 saturated heterocycles. The molecular formula is C6H9ClO2S. The van der Waals surface area contributed by atoms with Crippen LogP contribution in [0.1, 0.15) is 12.8 Å². The van der Waals surface area contributed by atoms with Crippen LogP contribution in [0.4, 0.5) is 0 Å². The van der Waals surface area contributed by atoms with Crippen LogP contribution in [0.5, 0.6) is 0 Å². The van der Waals surface area contributed by atoms with Gasteiger partial charge in [-0.05, 0) is 18.8 Å². The molecule has 0 N–H and O–H groups in total. The third kappa shape index (κ3) is 2.71. The number of hydrogen-bond acceptors (Lipinski definition) is 2. The van der Waals surface area contributed by atoms with Gasteiger partial charge in [-0.2, -0.15) is 0 Å². The molecule has 0 bridgehead atoms. The number of halogens is 1. The fourth-order valence-electron chi connectivity index (χ4n) is 0.831. The predicted molar refractivity (Wildman–Crippen MR) is 41.5 cm³/mol. The lowest BCUT2D eigenvalue weighted by Gasteiger charge is -1.97. The Bertz CT molecular complexity index is 238. The van der Waals surface area contributed by atoms with Gasteiger partial charge >= 0.3 is 0 Å². The van der Waals surface area contributed by atoms with E-state index in [9.17, 15) is 8.42 Å². The molecule has 1 aliphatic carbocycles. The second-order valence-electron chi connectivity index (χ2n) is 2.62. The van der Waals surface area contributed by atoms with E-state index in [4.69, 9.17) is 10.7 Å². The van der Waals surface area contributed by atoms with Gasteiger partial charge in [-0.15, -0.1) is 0 Å². The van der Waals surface area contributed by atoms with Crippen LogP contribution in [0.2, 0.25) is 0 Å². The first-order chi connectivity index (χ1) is 4.49. The molecule has 2 nitrogen and oxygen atoms in total. The number of rotatable bonds is 3. The SMILES string of the molecule is C=C(CS(=O)(=O)Cl)C1CC1. The van der Waals surface area contributed by atoms with Crippen molar-refractivity contribution in [2.45, 2.75) is 12.8 Å². The van der Waals surface area contributed by atoms with Gasteiger partial charge in [0.25, 0.3) is 0 Å². The van der Waals surface area contributed by atoms with Gasteiger partial charge in [-0.3, -0.25) is 0 Å². The Morgan fingerprint density at radius 3 is 2.40 bits per heavy atom. The van der Waals surface area contributed by atoms with Gasteiger partial charge in [0.2, 0.25) is 9.05 Å². The van der Waals surface area contributed by atoms with Crippen LogP contribution in [0.3, 0.4) is 0 Å². The Kier molecular flexibility index (Phi) is 2.06. The Labute approximate surface area is 65.3 Å². The van der Waals surface area contributed by atoms with E-state index < -0.39 is 9.05 Å². The second kappa shape index (κ2) is 2.55. The molecule has 0 atom stereocenters. The van der Waals surface area contributed by atoms with Gasteiger partial charge < -0.3 is 0 Å². The fraction of sp³-hybridized carbons (Fsp3) is 0.667. The van der Waals surface area contributed by atoms with E-state index >= 15 is 0 Å². The molecule has 0 radical (unpaired) electrons. The lowest BCUT2D eigenvalue weighted by molar-refractivity contribution is 0.610. The van der Waals surface area contributed by atoms with E-state index in [0.29, 0.717) is 5.92 Å². The summed E-state index contributed by atoms with van der Waals surface area (Å²) in [7, 11) is 1.66. The van der Waals surface area contributed by atoms with Crippen molar-refractivity contribution < 1.29 is 8.42 Å². The Morgan fingerprint density at radius 2 is 2.10 bits per heavy atom. The monoisotopic (exact) mass is 180 g/mol. The summed E-state index contributed by atoms with van der Waals surface area (Å²) in [6.45, 7) is 3.64. The standard InChI is InChI=1S/C6H9ClO2S/c1-5(6-2-3-6)4-10(7,8)9/h6H,1-4H2. The minimum Gasteiger partial charge on any atom is -0.212 e. The van der Waals surface area contributed by atoms with Gasteiger partial charge in [0.1, 0.15) is 0 Å². The van der Waals surface area contributed by atoms with Crippen molar-refractivity contribution in [2.75, 3.05) is 5.75 Å². The third-order valence-corrected chi connectivity index (χ3v) is 2.56.